The van der Waals surface area contributed by atoms with E-state index >= 15 is 4.39 Å². The normalized spacial score (nSPS) is 15.3. The summed E-state index contributed by atoms with van der Waals surface area (Å²) >= 11 is 0. The molecule has 1 saturated heterocycles. The molecular weight excluding hydrogens is 1880 g/mol. The van der Waals surface area contributed by atoms with Gasteiger partial charge in [-0.2, -0.15) is 20.4 Å². The number of aryl methyl sites for hydroxylation is 4. The van der Waals surface area contributed by atoms with Crippen LogP contribution in [0.5, 0.6) is 5.88 Å². The molecule has 4 aliphatic carbocycles. The SMILES string of the molecule is C=C1C=CN(C(CCC2CC2)c2ccc(F)c(NC(=O)c3cc(C)nn3-c3cccc(CN)c3)c2)C(=O)N1.Cc1cc(C(=O)Cc2cc(C(CCC3CC3)N3CCCN(C)CC3)ccc2F)n(-c2cccc(CN)c2)n1.Cc1cc(C(=O)Nc2cc(C(=CCC3CC3)c3ccccc3)ccc2F)n(-c2cccc(CN)c2)n1.Cc1cc(C(=O)Nc2cc(C(CCC3CC3)Oc3ccccn3)ccc2F)n(-c2cccc(CN)c2)n1. The van der Waals surface area contributed by atoms with Gasteiger partial charge < -0.3 is 53.8 Å². The van der Waals surface area contributed by atoms with E-state index in [0.29, 0.717) is 94.8 Å². The molecule has 770 valence electrons. The van der Waals surface area contributed by atoms with Crippen molar-refractivity contribution in [1.29, 1.82) is 0 Å². The highest BCUT2D eigenvalue weighted by atomic mass is 19.1. The van der Waals surface area contributed by atoms with Crippen molar-refractivity contribution >= 4 is 52.2 Å². The predicted molar refractivity (Wildman–Crippen MR) is 574 cm³/mol. The molecule has 30 heteroatoms. The van der Waals surface area contributed by atoms with Crippen LogP contribution in [-0.4, -0.2) is 122 Å². The number of carbonyl (C=O) groups is 5. The standard InChI is InChI=1S/C31H40FN5O.C30H29FN4O.C29H31FN6O2.C29H30FN5O2/c1-22-17-30(37(34-22)27-6-3-5-24(18-27)21-33)31(38)20-26-19-25(10-11-28(26)32)29(12-9-23-7-8-23)36-14-4-13-35(2)15-16-36;1-20-16-29(35(34-20)25-9-5-6-22(17-25)19-32)30(36)33-28-18-24(13-15-27(28)31)26(14-12-21-10-11-21)23-7-3-2-4-8-23;1-18-12-13-35(29(38)32-18)26(11-8-20-6-7-20)22-9-10-24(30)25(16-22)33-28(37)27-14-19(2)34-36(27)23-5-3-4-21(15-23)17-31;1-19-15-26(35(34-19)23-6-4-5-21(16-23)18-31)29(36)33-25-17-22(11-12-24(25)30)27(13-10-20-8-9-20)37-28-7-2-3-14-32-28/h3,5-6,10-11,17-19,23,29H,4,7-9,12-16,20-21,33H2,1-2H3;2-9,13-18,21H,10-12,19,32H2,1H3,(H,33,36);3-5,9-10,12-16,20,26H,1,6-8,11,17,31H2,2H3,(H,32,38)(H,33,37);2-7,11-12,14-17,20,27H,8-10,13,18,31H2,1H3,(H,33,36). The maximum Gasteiger partial charge on any atom is 0.326 e. The van der Waals surface area contributed by atoms with E-state index in [4.69, 9.17) is 27.7 Å². The van der Waals surface area contributed by atoms with E-state index in [2.05, 4.69) is 88.3 Å². The van der Waals surface area contributed by atoms with Gasteiger partial charge in [-0.15, -0.1) is 0 Å². The summed E-state index contributed by atoms with van der Waals surface area (Å²) in [5, 5.41) is 29.0. The number of nitrogens with zero attached hydrogens (tertiary/aromatic N) is 12. The number of allylic oxidation sites excluding steroid dienone is 2. The lowest BCUT2D eigenvalue weighted by Gasteiger charge is -2.32. The first-order valence-corrected chi connectivity index (χ1v) is 51.6. The van der Waals surface area contributed by atoms with E-state index in [1.165, 1.54) is 80.7 Å². The van der Waals surface area contributed by atoms with Gasteiger partial charge in [-0.05, 0) is 318 Å². The third-order valence-electron chi connectivity index (χ3n) is 27.9. The predicted octanol–water partition coefficient (Wildman–Crippen LogP) is 22.4. The van der Waals surface area contributed by atoms with E-state index in [1.54, 1.807) is 124 Å². The lowest BCUT2D eigenvalue weighted by molar-refractivity contribution is 0.0980. The minimum atomic E-state index is -0.567. The summed E-state index contributed by atoms with van der Waals surface area (Å²) in [6, 6.07) is 71.9. The molecule has 2 aliphatic heterocycles. The zero-order valence-electron chi connectivity index (χ0n) is 85.0. The molecule has 7 heterocycles. The average molecular weight is 2010 g/mol. The van der Waals surface area contributed by atoms with Gasteiger partial charge in [0, 0.05) is 82.4 Å². The van der Waals surface area contributed by atoms with Gasteiger partial charge in [-0.1, -0.05) is 166 Å². The second-order valence-corrected chi connectivity index (χ2v) is 39.7. The lowest BCUT2D eigenvalue weighted by Crippen LogP contribution is -2.40. The van der Waals surface area contributed by atoms with Gasteiger partial charge in [0.15, 0.2) is 5.78 Å². The van der Waals surface area contributed by atoms with Crippen molar-refractivity contribution in [3.8, 4) is 28.6 Å². The number of urea groups is 1. The van der Waals surface area contributed by atoms with Crippen molar-refractivity contribution in [2.24, 2.45) is 46.6 Å². The van der Waals surface area contributed by atoms with Crippen LogP contribution in [0.2, 0.25) is 0 Å². The molecule has 12 N–H and O–H groups in total. The molecule has 14 aromatic rings. The third kappa shape index (κ3) is 28.0. The molecule has 5 aromatic heterocycles. The molecule has 3 atom stereocenters. The first kappa shape index (κ1) is 105. The number of benzene rings is 9. The van der Waals surface area contributed by atoms with Crippen LogP contribution in [0.25, 0.3) is 28.3 Å². The van der Waals surface area contributed by atoms with Gasteiger partial charge in [0.25, 0.3) is 17.7 Å². The highest BCUT2D eigenvalue weighted by molar-refractivity contribution is 6.05. The summed E-state index contributed by atoms with van der Waals surface area (Å²) in [4.78, 5) is 77.2. The van der Waals surface area contributed by atoms with Gasteiger partial charge in [-0.3, -0.25) is 29.0 Å². The number of pyridine rings is 1. The fraction of sp³-hybridized carbons (Fsp3) is 0.311. The molecule has 20 rings (SSSR count). The number of aromatic nitrogens is 9. The molecule has 5 fully saturated rings. The molecule has 4 saturated carbocycles. The average Bonchev–Trinajstić information content (AvgIpc) is 1.78. The van der Waals surface area contributed by atoms with Gasteiger partial charge >= 0.3 is 6.03 Å². The van der Waals surface area contributed by atoms with Gasteiger partial charge in [0.05, 0.1) is 68.6 Å². The maximum absolute atomic E-state index is 15.1. The Bertz CT molecular complexity index is 7180. The van der Waals surface area contributed by atoms with Gasteiger partial charge in [0.2, 0.25) is 5.88 Å². The van der Waals surface area contributed by atoms with Crippen molar-refractivity contribution in [2.45, 2.75) is 181 Å². The van der Waals surface area contributed by atoms with Crippen LogP contribution < -0.4 is 48.9 Å². The minimum absolute atomic E-state index is 0.000527. The van der Waals surface area contributed by atoms with Crippen LogP contribution in [-0.2, 0) is 32.6 Å². The van der Waals surface area contributed by atoms with Crippen LogP contribution in [0.1, 0.15) is 241 Å². The molecule has 26 nitrogen and oxygen atoms in total. The maximum atomic E-state index is 15.1. The molecule has 0 radical (unpaired) electrons. The Balaban J connectivity index is 0.000000135. The van der Waals surface area contributed by atoms with Crippen molar-refractivity contribution in [3.05, 3.63) is 404 Å². The number of hydrogen-bond acceptors (Lipinski definition) is 17. The zero-order chi connectivity index (χ0) is 104. The summed E-state index contributed by atoms with van der Waals surface area (Å²) in [7, 11) is 2.18. The van der Waals surface area contributed by atoms with Gasteiger partial charge in [0.1, 0.15) is 52.1 Å². The number of anilines is 3. The minimum Gasteiger partial charge on any atom is -0.469 e. The number of nitrogens with two attached hydrogens (primary N) is 4. The zero-order valence-corrected chi connectivity index (χ0v) is 85.0. The lowest BCUT2D eigenvalue weighted by atomic mass is 9.95. The first-order chi connectivity index (χ1) is 72.2. The molecular formula is C119H130F4N20O6. The van der Waals surface area contributed by atoms with Crippen molar-refractivity contribution in [2.75, 3.05) is 49.2 Å². The first-order valence-electron chi connectivity index (χ1n) is 51.6. The molecule has 6 aliphatic rings. The third-order valence-corrected chi connectivity index (χ3v) is 27.9. The van der Waals surface area contributed by atoms with E-state index in [1.807, 2.05) is 153 Å². The van der Waals surface area contributed by atoms with Crippen molar-refractivity contribution < 1.29 is 46.3 Å². The molecule has 3 unspecified atom stereocenters. The van der Waals surface area contributed by atoms with Crippen LogP contribution in [0.4, 0.5) is 39.4 Å². The number of ether oxygens (including phenoxy) is 1. The summed E-state index contributed by atoms with van der Waals surface area (Å²) in [5.74, 6) is 0.000711. The molecule has 149 heavy (non-hydrogen) atoms. The quantitative estimate of drug-likeness (QED) is 0.0132. The Labute approximate surface area is 867 Å². The van der Waals surface area contributed by atoms with Crippen LogP contribution >= 0.6 is 0 Å². The van der Waals surface area contributed by atoms with Crippen molar-refractivity contribution in [1.82, 2.24) is 64.1 Å². The summed E-state index contributed by atoms with van der Waals surface area (Å²) in [6.45, 7) is 16.8. The largest absolute Gasteiger partial charge is 0.469 e. The summed E-state index contributed by atoms with van der Waals surface area (Å²) in [5.41, 5.74) is 40.7. The van der Waals surface area contributed by atoms with E-state index in [-0.39, 0.29) is 65.0 Å². The smallest absolute Gasteiger partial charge is 0.326 e. The highest BCUT2D eigenvalue weighted by Gasteiger charge is 2.35. The summed E-state index contributed by atoms with van der Waals surface area (Å²) in [6.07, 6.45) is 25.0. The molecule has 0 spiro atoms. The fourth-order valence-electron chi connectivity index (χ4n) is 19.0. The second kappa shape index (κ2) is 49.1. The Kier molecular flexibility index (Phi) is 34.7. The number of ketones is 1. The fourth-order valence-corrected chi connectivity index (χ4v) is 19.0. The number of carbonyl (C=O) groups excluding carboxylic acids is 5. The Hall–Kier alpha value is -15.2. The van der Waals surface area contributed by atoms with Crippen LogP contribution in [0.3, 0.4) is 0 Å². The molecule has 5 amide bonds. The topological polar surface area (TPSA) is 341 Å². The van der Waals surface area contributed by atoms with E-state index in [0.717, 1.165) is 162 Å². The van der Waals surface area contributed by atoms with Crippen molar-refractivity contribution in [3.63, 3.8) is 0 Å². The number of likely N-dealkylation sites (N-methyl/N-ethyl adjacent to an activating group) is 1. The molecule has 9 aromatic carbocycles. The monoisotopic (exact) mass is 2010 g/mol. The Morgan fingerprint density at radius 2 is 0.886 bits per heavy atom. The van der Waals surface area contributed by atoms with Gasteiger partial charge in [-0.25, -0.2) is 46.1 Å². The van der Waals surface area contributed by atoms with E-state index < -0.39 is 35.2 Å². The number of nitrogens with one attached hydrogen (secondary N) is 4. The number of rotatable bonds is 37. The number of halogens is 4. The number of Topliss-reactive ketones (excluding diaryl/α,β-unsaturated/α-hetero) is 1. The highest BCUT2D eigenvalue weighted by Crippen LogP contribution is 2.44. The van der Waals surface area contributed by atoms with Crippen LogP contribution in [0, 0.1) is 74.6 Å². The number of amides is 5. The molecule has 0 bridgehead atoms. The second-order valence-electron chi connectivity index (χ2n) is 39.7. The Morgan fingerprint density at radius 1 is 0.450 bits per heavy atom. The number of hydrogen-bond donors (Lipinski definition) is 8. The van der Waals surface area contributed by atoms with E-state index in [9.17, 15) is 37.1 Å². The van der Waals surface area contributed by atoms with Crippen LogP contribution in [0.15, 0.2) is 279 Å². The summed E-state index contributed by atoms with van der Waals surface area (Å²) < 4.78 is 72.3. The Morgan fingerprint density at radius 3 is 1.36 bits per heavy atom.